The van der Waals surface area contributed by atoms with Gasteiger partial charge in [-0.2, -0.15) is 0 Å². The maximum absolute atomic E-state index is 11.5. The Bertz CT molecular complexity index is 477. The lowest BCUT2D eigenvalue weighted by molar-refractivity contribution is 0.405. The average molecular weight is 276 g/mol. The SMILES string of the molecule is CCNC(C)(C)c1csc(C(C)S(C)(=O)=O)n1. The van der Waals surface area contributed by atoms with E-state index < -0.39 is 15.1 Å². The second-order valence-electron chi connectivity index (χ2n) is 4.70. The monoisotopic (exact) mass is 276 g/mol. The van der Waals surface area contributed by atoms with E-state index in [0.717, 1.165) is 12.2 Å². The number of thiazole rings is 1. The van der Waals surface area contributed by atoms with Crippen molar-refractivity contribution in [1.82, 2.24) is 10.3 Å². The molecular weight excluding hydrogens is 256 g/mol. The topological polar surface area (TPSA) is 59.1 Å². The van der Waals surface area contributed by atoms with Crippen LogP contribution in [0.4, 0.5) is 0 Å². The molecule has 0 bridgehead atoms. The fraction of sp³-hybridized carbons (Fsp3) is 0.727. The van der Waals surface area contributed by atoms with Crippen LogP contribution in [0, 0.1) is 0 Å². The molecule has 17 heavy (non-hydrogen) atoms. The summed E-state index contributed by atoms with van der Waals surface area (Å²) in [5.41, 5.74) is 0.677. The van der Waals surface area contributed by atoms with E-state index in [1.807, 2.05) is 26.2 Å². The Balaban J connectivity index is 3.00. The molecule has 0 aliphatic rings. The van der Waals surface area contributed by atoms with Gasteiger partial charge in [0.1, 0.15) is 10.3 Å². The molecule has 4 nitrogen and oxygen atoms in total. The van der Waals surface area contributed by atoms with Crippen LogP contribution >= 0.6 is 11.3 Å². The lowest BCUT2D eigenvalue weighted by Gasteiger charge is -2.23. The third-order valence-corrected chi connectivity index (χ3v) is 5.46. The van der Waals surface area contributed by atoms with E-state index in [-0.39, 0.29) is 5.54 Å². The molecule has 0 aromatic carbocycles. The van der Waals surface area contributed by atoms with Gasteiger partial charge in [0.25, 0.3) is 0 Å². The quantitative estimate of drug-likeness (QED) is 0.894. The molecule has 1 rings (SSSR count). The molecule has 6 heteroatoms. The van der Waals surface area contributed by atoms with E-state index in [0.29, 0.717) is 5.01 Å². The van der Waals surface area contributed by atoms with E-state index in [4.69, 9.17) is 0 Å². The molecule has 0 saturated heterocycles. The van der Waals surface area contributed by atoms with Crippen molar-refractivity contribution < 1.29 is 8.42 Å². The van der Waals surface area contributed by atoms with Crippen molar-refractivity contribution in [2.24, 2.45) is 0 Å². The van der Waals surface area contributed by atoms with Crippen molar-refractivity contribution in [3.05, 3.63) is 16.1 Å². The lowest BCUT2D eigenvalue weighted by atomic mass is 10.0. The molecule has 98 valence electrons. The molecule has 0 saturated carbocycles. The number of sulfone groups is 1. The predicted molar refractivity (Wildman–Crippen MR) is 72.1 cm³/mol. The second kappa shape index (κ2) is 5.04. The Labute approximate surface area is 107 Å². The Morgan fingerprint density at radius 3 is 2.59 bits per heavy atom. The fourth-order valence-corrected chi connectivity index (χ4v) is 3.51. The van der Waals surface area contributed by atoms with Gasteiger partial charge in [-0.1, -0.05) is 6.92 Å². The second-order valence-corrected chi connectivity index (χ2v) is 7.95. The van der Waals surface area contributed by atoms with Crippen LogP contribution in [0.3, 0.4) is 0 Å². The van der Waals surface area contributed by atoms with Crippen LogP contribution in [-0.2, 0) is 15.4 Å². The Morgan fingerprint density at radius 1 is 1.53 bits per heavy atom. The lowest BCUT2D eigenvalue weighted by Crippen LogP contribution is -2.36. The molecule has 1 aromatic heterocycles. The number of aromatic nitrogens is 1. The Morgan fingerprint density at radius 2 is 2.12 bits per heavy atom. The molecular formula is C11H20N2O2S2. The first-order valence-corrected chi connectivity index (χ1v) is 8.41. The highest BCUT2D eigenvalue weighted by Crippen LogP contribution is 2.28. The molecule has 0 aliphatic heterocycles. The van der Waals surface area contributed by atoms with Gasteiger partial charge in [0.05, 0.1) is 11.2 Å². The summed E-state index contributed by atoms with van der Waals surface area (Å²) in [6.45, 7) is 8.65. The number of nitrogens with zero attached hydrogens (tertiary/aromatic N) is 1. The van der Waals surface area contributed by atoms with Gasteiger partial charge in [-0.05, 0) is 27.3 Å². The molecule has 0 fully saturated rings. The first-order chi connectivity index (χ1) is 7.68. The van der Waals surface area contributed by atoms with Gasteiger partial charge >= 0.3 is 0 Å². The van der Waals surface area contributed by atoms with Crippen LogP contribution in [0.15, 0.2) is 5.38 Å². The van der Waals surface area contributed by atoms with Crippen LogP contribution in [0.25, 0.3) is 0 Å². The predicted octanol–water partition coefficient (Wildman–Crippen LogP) is 2.09. The normalized spacial score (nSPS) is 14.9. The smallest absolute Gasteiger partial charge is 0.156 e. The highest BCUT2D eigenvalue weighted by molar-refractivity contribution is 7.91. The minimum absolute atomic E-state index is 0.222. The summed E-state index contributed by atoms with van der Waals surface area (Å²) in [4.78, 5) is 4.44. The first-order valence-electron chi connectivity index (χ1n) is 5.58. The summed E-state index contributed by atoms with van der Waals surface area (Å²) in [6.07, 6.45) is 1.24. The zero-order chi connectivity index (χ0) is 13.3. The molecule has 1 N–H and O–H groups in total. The number of hydrogen-bond acceptors (Lipinski definition) is 5. The summed E-state index contributed by atoms with van der Waals surface area (Å²) in [5, 5.41) is 5.39. The van der Waals surface area contributed by atoms with Crippen molar-refractivity contribution in [1.29, 1.82) is 0 Å². The van der Waals surface area contributed by atoms with E-state index >= 15 is 0 Å². The van der Waals surface area contributed by atoms with Crippen molar-refractivity contribution in [2.45, 2.75) is 38.5 Å². The van der Waals surface area contributed by atoms with Crippen LogP contribution in [-0.4, -0.2) is 26.2 Å². The Hall–Kier alpha value is -0.460. The van der Waals surface area contributed by atoms with Gasteiger partial charge in [-0.25, -0.2) is 13.4 Å². The third-order valence-electron chi connectivity index (χ3n) is 2.77. The van der Waals surface area contributed by atoms with E-state index in [1.54, 1.807) is 6.92 Å². The van der Waals surface area contributed by atoms with Crippen molar-refractivity contribution >= 4 is 21.2 Å². The molecule has 1 atom stereocenters. The summed E-state index contributed by atoms with van der Waals surface area (Å²) < 4.78 is 22.9. The fourth-order valence-electron chi connectivity index (χ4n) is 1.48. The molecule has 0 amide bonds. The van der Waals surface area contributed by atoms with Crippen LogP contribution < -0.4 is 5.32 Å². The maximum atomic E-state index is 11.5. The third kappa shape index (κ3) is 3.50. The maximum Gasteiger partial charge on any atom is 0.156 e. The average Bonchev–Trinajstić information content (AvgIpc) is 2.64. The summed E-state index contributed by atoms with van der Waals surface area (Å²) in [7, 11) is -3.07. The van der Waals surface area contributed by atoms with E-state index in [9.17, 15) is 8.42 Å². The number of hydrogen-bond donors (Lipinski definition) is 1. The zero-order valence-corrected chi connectivity index (χ0v) is 12.6. The van der Waals surface area contributed by atoms with Gasteiger partial charge in [-0.3, -0.25) is 0 Å². The molecule has 0 spiro atoms. The number of rotatable bonds is 5. The van der Waals surface area contributed by atoms with Crippen LogP contribution in [0.1, 0.15) is 43.6 Å². The zero-order valence-electron chi connectivity index (χ0n) is 10.9. The van der Waals surface area contributed by atoms with Gasteiger partial charge in [0, 0.05) is 11.6 Å². The van der Waals surface area contributed by atoms with Crippen LogP contribution in [0.2, 0.25) is 0 Å². The summed E-state index contributed by atoms with van der Waals surface area (Å²) in [5.74, 6) is 0. The minimum atomic E-state index is -3.07. The van der Waals surface area contributed by atoms with Gasteiger partial charge in [-0.15, -0.1) is 11.3 Å². The highest BCUT2D eigenvalue weighted by atomic mass is 32.2. The molecule has 0 radical (unpaired) electrons. The molecule has 1 unspecified atom stereocenters. The van der Waals surface area contributed by atoms with Gasteiger partial charge in [0.15, 0.2) is 9.84 Å². The van der Waals surface area contributed by atoms with E-state index in [1.165, 1.54) is 17.6 Å². The van der Waals surface area contributed by atoms with Gasteiger partial charge < -0.3 is 5.32 Å². The van der Waals surface area contributed by atoms with Crippen LogP contribution in [0.5, 0.6) is 0 Å². The van der Waals surface area contributed by atoms with Crippen molar-refractivity contribution in [2.75, 3.05) is 12.8 Å². The molecule has 0 aliphatic carbocycles. The first kappa shape index (κ1) is 14.6. The van der Waals surface area contributed by atoms with Gasteiger partial charge in [0.2, 0.25) is 0 Å². The van der Waals surface area contributed by atoms with Crippen molar-refractivity contribution in [3.8, 4) is 0 Å². The standard InChI is InChI=1S/C11H20N2O2S2/c1-6-12-11(3,4)9-7-16-10(13-9)8(2)17(5,14)15/h7-8,12H,6H2,1-5H3. The van der Waals surface area contributed by atoms with E-state index in [2.05, 4.69) is 10.3 Å². The minimum Gasteiger partial charge on any atom is -0.307 e. The molecule has 1 aromatic rings. The molecule has 1 heterocycles. The van der Waals surface area contributed by atoms with Crippen molar-refractivity contribution in [3.63, 3.8) is 0 Å². The largest absolute Gasteiger partial charge is 0.307 e. The Kier molecular flexibility index (Phi) is 4.33. The summed E-state index contributed by atoms with van der Waals surface area (Å²) >= 11 is 1.41. The number of nitrogens with one attached hydrogen (secondary N) is 1. The summed E-state index contributed by atoms with van der Waals surface area (Å²) in [6, 6.07) is 0. The highest BCUT2D eigenvalue weighted by Gasteiger charge is 2.26.